The Hall–Kier alpha value is -1.18. The second-order valence-electron chi connectivity index (χ2n) is 5.51. The molecule has 0 saturated heterocycles. The summed E-state index contributed by atoms with van der Waals surface area (Å²) in [6.07, 6.45) is 0.704. The zero-order valence-corrected chi connectivity index (χ0v) is 16.5. The van der Waals surface area contributed by atoms with Crippen LogP contribution in [0.5, 0.6) is 0 Å². The van der Waals surface area contributed by atoms with Gasteiger partial charge in [-0.2, -0.15) is 0 Å². The lowest BCUT2D eigenvalue weighted by Crippen LogP contribution is -2.15. The normalized spacial score (nSPS) is 10.0. The van der Waals surface area contributed by atoms with Crippen molar-refractivity contribution in [3.8, 4) is 0 Å². The molecule has 0 spiro atoms. The van der Waals surface area contributed by atoms with E-state index in [0.29, 0.717) is 18.7 Å². The largest absolute Gasteiger partial charge is 0.330 e. The van der Waals surface area contributed by atoms with E-state index in [1.54, 1.807) is 5.38 Å². The molecule has 134 valence electrons. The molecule has 0 aliphatic rings. The van der Waals surface area contributed by atoms with Gasteiger partial charge < -0.3 is 16.0 Å². The van der Waals surface area contributed by atoms with Crippen LogP contribution in [-0.4, -0.2) is 36.4 Å². The smallest absolute Gasteiger partial charge is 0.275 e. The number of nitrogens with one attached hydrogen (secondary N) is 1. The molecular formula is C16H24Cl2N4OS. The number of carbonyl (C=O) groups is 1. The average Bonchev–Trinajstić information content (AvgIpc) is 2.91. The number of nitrogens with zero attached hydrogens (tertiary/aromatic N) is 2. The van der Waals surface area contributed by atoms with Gasteiger partial charge in [-0.25, -0.2) is 4.98 Å². The summed E-state index contributed by atoms with van der Waals surface area (Å²) in [6, 6.07) is 6.11. The molecule has 1 amide bonds. The highest BCUT2D eigenvalue weighted by molar-refractivity contribution is 7.09. The fraction of sp³-hybridized carbons (Fsp3) is 0.375. The number of nitrogens with two attached hydrogens (primary N) is 1. The van der Waals surface area contributed by atoms with E-state index in [2.05, 4.69) is 21.3 Å². The maximum atomic E-state index is 12.3. The number of aromatic nitrogens is 1. The molecule has 1 heterocycles. The van der Waals surface area contributed by atoms with Crippen LogP contribution in [0.15, 0.2) is 23.6 Å². The van der Waals surface area contributed by atoms with Crippen molar-refractivity contribution >= 4 is 47.7 Å². The van der Waals surface area contributed by atoms with Crippen molar-refractivity contribution in [1.29, 1.82) is 0 Å². The van der Waals surface area contributed by atoms with E-state index in [-0.39, 0.29) is 30.7 Å². The Balaban J connectivity index is 0.00000264. The molecule has 2 rings (SSSR count). The number of hydrogen-bond donors (Lipinski definition) is 2. The Bertz CT molecular complexity index is 661. The molecule has 1 aromatic carbocycles. The highest BCUT2D eigenvalue weighted by atomic mass is 35.5. The maximum Gasteiger partial charge on any atom is 0.275 e. The monoisotopic (exact) mass is 390 g/mol. The number of carbonyl (C=O) groups excluding carboxylic acids is 1. The third-order valence-electron chi connectivity index (χ3n) is 3.19. The fourth-order valence-corrected chi connectivity index (χ4v) is 2.90. The molecule has 8 heteroatoms. The van der Waals surface area contributed by atoms with Gasteiger partial charge in [-0.05, 0) is 44.8 Å². The van der Waals surface area contributed by atoms with Crippen LogP contribution in [0.1, 0.15) is 26.6 Å². The summed E-state index contributed by atoms with van der Waals surface area (Å²) in [7, 11) is 4.04. The van der Waals surface area contributed by atoms with E-state index in [4.69, 9.17) is 5.73 Å². The predicted molar refractivity (Wildman–Crippen MR) is 106 cm³/mol. The van der Waals surface area contributed by atoms with Gasteiger partial charge in [0.15, 0.2) is 0 Å². The molecule has 2 aromatic rings. The first-order valence-corrected chi connectivity index (χ1v) is 8.07. The highest BCUT2D eigenvalue weighted by Gasteiger charge is 2.12. The number of rotatable bonds is 6. The average molecular weight is 391 g/mol. The lowest BCUT2D eigenvalue weighted by atomic mass is 10.1. The fourth-order valence-electron chi connectivity index (χ4n) is 2.11. The molecule has 5 nitrogen and oxygen atoms in total. The minimum absolute atomic E-state index is 0. The van der Waals surface area contributed by atoms with Gasteiger partial charge in [0.05, 0.1) is 5.01 Å². The Kier molecular flexibility index (Phi) is 10.1. The molecule has 0 unspecified atom stereocenters. The van der Waals surface area contributed by atoms with Gasteiger partial charge in [-0.1, -0.05) is 12.1 Å². The molecular weight excluding hydrogens is 367 g/mol. The molecule has 0 bridgehead atoms. The van der Waals surface area contributed by atoms with Gasteiger partial charge in [0.2, 0.25) is 0 Å². The Morgan fingerprint density at radius 1 is 1.33 bits per heavy atom. The number of halogens is 2. The van der Waals surface area contributed by atoms with E-state index in [1.807, 2.05) is 33.2 Å². The Morgan fingerprint density at radius 2 is 2.04 bits per heavy atom. The summed E-state index contributed by atoms with van der Waals surface area (Å²) < 4.78 is 0. The molecule has 1 aromatic heterocycles. The van der Waals surface area contributed by atoms with Crippen molar-refractivity contribution in [2.24, 2.45) is 5.73 Å². The third-order valence-corrected chi connectivity index (χ3v) is 4.10. The van der Waals surface area contributed by atoms with E-state index in [0.717, 1.165) is 28.4 Å². The number of amides is 1. The maximum absolute atomic E-state index is 12.3. The van der Waals surface area contributed by atoms with Crippen molar-refractivity contribution < 1.29 is 4.79 Å². The first-order chi connectivity index (χ1) is 10.5. The van der Waals surface area contributed by atoms with Crippen LogP contribution in [0.3, 0.4) is 0 Å². The summed E-state index contributed by atoms with van der Waals surface area (Å²) in [5.41, 5.74) is 8.98. The molecule has 0 fully saturated rings. The van der Waals surface area contributed by atoms with Gasteiger partial charge in [-0.3, -0.25) is 4.79 Å². The predicted octanol–water partition coefficient (Wildman–Crippen LogP) is 3.11. The SMILES string of the molecule is Cc1ccc(CN(C)C)cc1NC(=O)c1csc(CCN)n1.Cl.Cl. The Labute approximate surface area is 159 Å². The summed E-state index contributed by atoms with van der Waals surface area (Å²) in [6.45, 7) is 3.36. The summed E-state index contributed by atoms with van der Waals surface area (Å²) in [5.74, 6) is -0.176. The highest BCUT2D eigenvalue weighted by Crippen LogP contribution is 2.19. The quantitative estimate of drug-likeness (QED) is 0.794. The van der Waals surface area contributed by atoms with Crippen LogP contribution in [0.2, 0.25) is 0 Å². The molecule has 24 heavy (non-hydrogen) atoms. The van der Waals surface area contributed by atoms with Crippen molar-refractivity contribution in [2.75, 3.05) is 26.0 Å². The Morgan fingerprint density at radius 3 is 2.67 bits per heavy atom. The first-order valence-electron chi connectivity index (χ1n) is 7.19. The molecule has 0 aliphatic carbocycles. The second kappa shape index (κ2) is 10.6. The summed E-state index contributed by atoms with van der Waals surface area (Å²) in [4.78, 5) is 18.7. The zero-order chi connectivity index (χ0) is 16.1. The van der Waals surface area contributed by atoms with Crippen LogP contribution >= 0.6 is 36.2 Å². The summed E-state index contributed by atoms with van der Waals surface area (Å²) in [5, 5.41) is 5.62. The van der Waals surface area contributed by atoms with Crippen molar-refractivity contribution in [2.45, 2.75) is 19.9 Å². The van der Waals surface area contributed by atoms with E-state index < -0.39 is 0 Å². The number of thiazole rings is 1. The molecule has 0 saturated carbocycles. The van der Waals surface area contributed by atoms with Crippen LogP contribution in [0, 0.1) is 6.92 Å². The van der Waals surface area contributed by atoms with Crippen LogP contribution in [0.4, 0.5) is 5.69 Å². The van der Waals surface area contributed by atoms with E-state index in [9.17, 15) is 4.79 Å². The molecule has 0 radical (unpaired) electrons. The lowest BCUT2D eigenvalue weighted by molar-refractivity contribution is 0.102. The standard InChI is InChI=1S/C16H22N4OS.2ClH/c1-11-4-5-12(9-20(2)3)8-13(11)19-16(21)14-10-22-15(18-14)6-7-17;;/h4-5,8,10H,6-7,9,17H2,1-3H3,(H,19,21);2*1H. The zero-order valence-electron chi connectivity index (χ0n) is 14.0. The first kappa shape index (κ1) is 22.8. The lowest BCUT2D eigenvalue weighted by Gasteiger charge is -2.13. The number of hydrogen-bond acceptors (Lipinski definition) is 5. The van der Waals surface area contributed by atoms with E-state index >= 15 is 0 Å². The topological polar surface area (TPSA) is 71.2 Å². The van der Waals surface area contributed by atoms with Crippen LogP contribution < -0.4 is 11.1 Å². The second-order valence-corrected chi connectivity index (χ2v) is 6.45. The van der Waals surface area contributed by atoms with Crippen LogP contribution in [0.25, 0.3) is 0 Å². The molecule has 0 aliphatic heterocycles. The minimum Gasteiger partial charge on any atom is -0.330 e. The number of aryl methyl sites for hydroxylation is 1. The van der Waals surface area contributed by atoms with Gasteiger partial charge in [0.25, 0.3) is 5.91 Å². The summed E-state index contributed by atoms with van der Waals surface area (Å²) >= 11 is 1.47. The van der Waals surface area contributed by atoms with Crippen LogP contribution in [-0.2, 0) is 13.0 Å². The van der Waals surface area contributed by atoms with Crippen molar-refractivity contribution in [3.05, 3.63) is 45.4 Å². The van der Waals surface area contributed by atoms with Gasteiger partial charge in [0.1, 0.15) is 5.69 Å². The van der Waals surface area contributed by atoms with Gasteiger partial charge >= 0.3 is 0 Å². The van der Waals surface area contributed by atoms with Gasteiger partial charge in [0, 0.05) is 24.0 Å². The third kappa shape index (κ3) is 6.37. The number of benzene rings is 1. The van der Waals surface area contributed by atoms with Crippen molar-refractivity contribution in [1.82, 2.24) is 9.88 Å². The minimum atomic E-state index is -0.176. The van der Waals surface area contributed by atoms with E-state index in [1.165, 1.54) is 11.3 Å². The number of anilines is 1. The molecule has 3 N–H and O–H groups in total. The van der Waals surface area contributed by atoms with Crippen molar-refractivity contribution in [3.63, 3.8) is 0 Å². The van der Waals surface area contributed by atoms with Gasteiger partial charge in [-0.15, -0.1) is 36.2 Å². The molecule has 0 atom stereocenters.